The third kappa shape index (κ3) is 8.95. The first-order valence-electron chi connectivity index (χ1n) is 18.3. The number of aliphatic hydroxyl groups excluding tert-OH is 1. The Balaban J connectivity index is 1.21. The number of nitrogens with two attached hydrogens (primary N) is 2. The van der Waals surface area contributed by atoms with Gasteiger partial charge in [0.25, 0.3) is 0 Å². The topological polar surface area (TPSA) is 128 Å². The second kappa shape index (κ2) is 16.8. The summed E-state index contributed by atoms with van der Waals surface area (Å²) >= 11 is 6.33. The predicted molar refractivity (Wildman–Crippen MR) is 200 cm³/mol. The van der Waals surface area contributed by atoms with Gasteiger partial charge >= 0.3 is 0 Å². The molecule has 3 aromatic rings. The Morgan fingerprint density at radius 2 is 1.92 bits per heavy atom. The molecule has 0 saturated carbocycles. The van der Waals surface area contributed by atoms with E-state index in [1.807, 2.05) is 32.2 Å². The zero-order valence-electron chi connectivity index (χ0n) is 29.5. The molecule has 50 heavy (non-hydrogen) atoms. The van der Waals surface area contributed by atoms with E-state index in [0.717, 1.165) is 87.7 Å². The normalized spacial score (nSPS) is 22.6. The summed E-state index contributed by atoms with van der Waals surface area (Å²) in [7, 11) is 0. The molecule has 4 heterocycles. The van der Waals surface area contributed by atoms with Crippen LogP contribution in [-0.4, -0.2) is 65.6 Å². The molecule has 3 aliphatic rings. The number of hydrogen-bond acceptors (Lipinski definition) is 7. The molecule has 9 nitrogen and oxygen atoms in total. The van der Waals surface area contributed by atoms with Gasteiger partial charge in [-0.05, 0) is 132 Å². The summed E-state index contributed by atoms with van der Waals surface area (Å²) in [5.41, 5.74) is 16.3. The van der Waals surface area contributed by atoms with Crippen LogP contribution in [0.4, 0.5) is 10.1 Å². The summed E-state index contributed by atoms with van der Waals surface area (Å²) < 4.78 is 20.9. The molecule has 0 aliphatic carbocycles. The van der Waals surface area contributed by atoms with Crippen LogP contribution in [0.15, 0.2) is 52.4 Å². The van der Waals surface area contributed by atoms with Gasteiger partial charge in [-0.25, -0.2) is 9.38 Å². The number of likely N-dealkylation sites (tertiary alicyclic amines) is 1. The first kappa shape index (κ1) is 36.5. The number of nitrogens with one attached hydrogen (secondary N) is 1. The van der Waals surface area contributed by atoms with Crippen LogP contribution in [0, 0.1) is 11.7 Å². The molecular weight excluding hydrogens is 653 g/mol. The van der Waals surface area contributed by atoms with Crippen molar-refractivity contribution in [3.05, 3.63) is 75.1 Å². The number of ether oxygens (including phenoxy) is 1. The molecule has 2 fully saturated rings. The average Bonchev–Trinajstić information content (AvgIpc) is 3.51. The molecule has 1 unspecified atom stereocenters. The maximum Gasteiger partial charge on any atom is 0.231 e. The lowest BCUT2D eigenvalue weighted by Crippen LogP contribution is -2.43. The number of aromatic amines is 1. The molecule has 2 aromatic carbocycles. The van der Waals surface area contributed by atoms with Crippen molar-refractivity contribution in [3.63, 3.8) is 0 Å². The lowest BCUT2D eigenvalue weighted by atomic mass is 9.87. The zero-order chi connectivity index (χ0) is 35.2. The number of benzene rings is 2. The second-order valence-corrected chi connectivity index (χ2v) is 14.8. The highest BCUT2D eigenvalue weighted by atomic mass is 35.5. The van der Waals surface area contributed by atoms with E-state index in [1.54, 1.807) is 11.0 Å². The van der Waals surface area contributed by atoms with Gasteiger partial charge in [-0.2, -0.15) is 0 Å². The van der Waals surface area contributed by atoms with Gasteiger partial charge < -0.3 is 31.2 Å². The molecule has 0 bridgehead atoms. The van der Waals surface area contributed by atoms with Crippen molar-refractivity contribution in [2.45, 2.75) is 103 Å². The Hall–Kier alpha value is -3.28. The molecule has 11 heteroatoms. The molecular formula is C39H53ClFN7O2. The Kier molecular flexibility index (Phi) is 12.3. The lowest BCUT2D eigenvalue weighted by molar-refractivity contribution is 0.0408. The molecule has 2 saturated heterocycles. The fraction of sp³-hybridized carbons (Fsp3) is 0.538. The van der Waals surface area contributed by atoms with E-state index >= 15 is 4.39 Å². The van der Waals surface area contributed by atoms with Crippen molar-refractivity contribution in [1.29, 1.82) is 0 Å². The highest BCUT2D eigenvalue weighted by Gasteiger charge is 2.32. The number of H-pyrrole nitrogens is 1. The smallest absolute Gasteiger partial charge is 0.231 e. The first-order chi connectivity index (χ1) is 24.2. The summed E-state index contributed by atoms with van der Waals surface area (Å²) in [4.78, 5) is 16.7. The van der Waals surface area contributed by atoms with Gasteiger partial charge in [0.1, 0.15) is 5.49 Å². The van der Waals surface area contributed by atoms with Crippen molar-refractivity contribution >= 4 is 29.3 Å². The molecule has 0 amide bonds. The van der Waals surface area contributed by atoms with Crippen LogP contribution >= 0.6 is 11.6 Å². The van der Waals surface area contributed by atoms with E-state index < -0.39 is 12.2 Å². The fourth-order valence-electron chi connectivity index (χ4n) is 7.79. The number of hydrogen-bond donors (Lipinski definition) is 4. The van der Waals surface area contributed by atoms with Gasteiger partial charge in [0.05, 0.1) is 16.6 Å². The Bertz CT molecular complexity index is 1730. The standard InChI is InChI=1S/C39H53ClFN7O2/c1-25(42)5-3-6-28-21-33(37(41)34(40)22-28)35-23-30-24-48(39(49)46-38(30)45-35)32-11-9-29(10-12-32)36-8-4-7-31(13-17-44-26(2)43)47(36)18-14-27-15-19-50-20-16-27/h9-12,21-25,27,31,36,39,49H,3-8,13-20,42H2,1-2H3,(H2,43,44)(H,45,46)/t25-,31-,36-,39?/m0/s1. The summed E-state index contributed by atoms with van der Waals surface area (Å²) in [6.07, 6.45) is 11.2. The van der Waals surface area contributed by atoms with Crippen LogP contribution in [0.2, 0.25) is 5.02 Å². The van der Waals surface area contributed by atoms with Crippen LogP contribution in [0.5, 0.6) is 0 Å². The summed E-state index contributed by atoms with van der Waals surface area (Å²) in [5, 5.41) is 12.0. The summed E-state index contributed by atoms with van der Waals surface area (Å²) in [5.74, 6) is 0.867. The van der Waals surface area contributed by atoms with Crippen LogP contribution in [0.25, 0.3) is 17.5 Å². The Morgan fingerprint density at radius 3 is 2.66 bits per heavy atom. The molecule has 270 valence electrons. The number of piperidine rings is 1. The minimum atomic E-state index is -1.13. The van der Waals surface area contributed by atoms with Crippen molar-refractivity contribution in [2.24, 2.45) is 27.4 Å². The number of halogens is 2. The van der Waals surface area contributed by atoms with Crippen LogP contribution in [0.3, 0.4) is 0 Å². The minimum Gasteiger partial charge on any atom is -0.388 e. The van der Waals surface area contributed by atoms with Crippen molar-refractivity contribution in [1.82, 2.24) is 9.88 Å². The number of rotatable bonds is 13. The first-order valence-corrected chi connectivity index (χ1v) is 18.7. The number of aryl methyl sites for hydroxylation is 1. The monoisotopic (exact) mass is 705 g/mol. The number of aliphatic imine (C=N–C) groups is 1. The van der Waals surface area contributed by atoms with Gasteiger partial charge in [0.15, 0.2) is 5.82 Å². The Morgan fingerprint density at radius 1 is 1.14 bits per heavy atom. The molecule has 4 atom stereocenters. The number of nitrogens with zero attached hydrogens (tertiary/aromatic N) is 4. The molecule has 0 spiro atoms. The third-order valence-corrected chi connectivity index (χ3v) is 10.8. The summed E-state index contributed by atoms with van der Waals surface area (Å²) in [6, 6.07) is 14.8. The predicted octanol–water partition coefficient (Wildman–Crippen LogP) is 5.78. The van der Waals surface area contributed by atoms with Crippen molar-refractivity contribution < 1.29 is 14.2 Å². The number of aromatic nitrogens is 1. The molecule has 0 radical (unpaired) electrons. The van der Waals surface area contributed by atoms with Crippen molar-refractivity contribution in [2.75, 3.05) is 31.2 Å². The molecule has 6 N–H and O–H groups in total. The number of aliphatic hydroxyl groups is 1. The molecule has 3 aliphatic heterocycles. The van der Waals surface area contributed by atoms with Crippen LogP contribution in [0.1, 0.15) is 88.8 Å². The highest BCUT2D eigenvalue weighted by molar-refractivity contribution is 6.31. The quantitative estimate of drug-likeness (QED) is 0.132. The molecule has 1 aromatic heterocycles. The lowest BCUT2D eigenvalue weighted by Gasteiger charge is -2.43. The largest absolute Gasteiger partial charge is 0.388 e. The Labute approximate surface area is 300 Å². The maximum absolute atomic E-state index is 15.3. The fourth-order valence-corrected chi connectivity index (χ4v) is 8.03. The molecule has 6 rings (SSSR count). The van der Waals surface area contributed by atoms with Crippen LogP contribution < -0.4 is 27.1 Å². The number of amidine groups is 1. The van der Waals surface area contributed by atoms with Gasteiger partial charge in [-0.3, -0.25) is 9.89 Å². The van der Waals surface area contributed by atoms with E-state index in [2.05, 4.69) is 44.1 Å². The minimum absolute atomic E-state index is 0.0825. The average molecular weight is 706 g/mol. The summed E-state index contributed by atoms with van der Waals surface area (Å²) in [6.45, 7) is 7.39. The van der Waals surface area contributed by atoms with Gasteiger partial charge in [-0.1, -0.05) is 23.7 Å². The zero-order valence-corrected chi connectivity index (χ0v) is 30.2. The number of fused-ring (bicyclic) bond motifs is 1. The van der Waals surface area contributed by atoms with E-state index in [0.29, 0.717) is 40.6 Å². The van der Waals surface area contributed by atoms with Crippen molar-refractivity contribution in [3.8, 4) is 11.3 Å². The van der Waals surface area contributed by atoms with Crippen LogP contribution in [-0.2, 0) is 11.2 Å². The maximum atomic E-state index is 15.3. The van der Waals surface area contributed by atoms with Gasteiger partial charge in [-0.15, -0.1) is 0 Å². The van der Waals surface area contributed by atoms with E-state index in [9.17, 15) is 5.11 Å². The number of anilines is 1. The van der Waals surface area contributed by atoms with Gasteiger partial charge in [0.2, 0.25) is 6.35 Å². The van der Waals surface area contributed by atoms with E-state index in [4.69, 9.17) is 27.8 Å². The van der Waals surface area contributed by atoms with E-state index in [1.165, 1.54) is 24.8 Å². The SMILES string of the molecule is CC(N)=NCC[C@@H]1CCC[C@@H](c2ccc(N3C=c4cc(-c5cc(CCC[C@H](C)N)cc(Cl)c5F)[nH]c4=NC3O)cc2)N1CCC1CCOCC1. The van der Waals surface area contributed by atoms with E-state index in [-0.39, 0.29) is 11.1 Å². The third-order valence-electron chi connectivity index (χ3n) is 10.5. The van der Waals surface area contributed by atoms with Gasteiger partial charge in [0, 0.05) is 60.6 Å². The highest BCUT2D eigenvalue weighted by Crippen LogP contribution is 2.37. The second-order valence-electron chi connectivity index (χ2n) is 14.4.